The number of ether oxygens (including phenoxy) is 2. The van der Waals surface area contributed by atoms with E-state index in [-0.39, 0.29) is 42.5 Å². The van der Waals surface area contributed by atoms with Crippen LogP contribution in [0.4, 0.5) is 0 Å². The summed E-state index contributed by atoms with van der Waals surface area (Å²) in [6.07, 6.45) is 1.24. The molecule has 0 amide bonds. The van der Waals surface area contributed by atoms with Crippen LogP contribution in [0.3, 0.4) is 0 Å². The minimum atomic E-state index is -0.616. The molecule has 0 aliphatic carbocycles. The van der Waals surface area contributed by atoms with Gasteiger partial charge in [-0.3, -0.25) is 9.89 Å². The van der Waals surface area contributed by atoms with Crippen LogP contribution in [0.5, 0.6) is 0 Å². The molecule has 9 nitrogen and oxygen atoms in total. The molecule has 3 rings (SSSR count). The summed E-state index contributed by atoms with van der Waals surface area (Å²) in [7, 11) is 0. The highest BCUT2D eigenvalue weighted by molar-refractivity contribution is 6.34. The molecular formula is C23H27ClN4O5. The van der Waals surface area contributed by atoms with Gasteiger partial charge in [-0.2, -0.15) is 10.2 Å². The predicted octanol–water partition coefficient (Wildman–Crippen LogP) is 4.17. The minimum absolute atomic E-state index is 0. The molecule has 1 N–H and O–H groups in total. The van der Waals surface area contributed by atoms with Crippen molar-refractivity contribution < 1.29 is 19.1 Å². The van der Waals surface area contributed by atoms with Gasteiger partial charge in [0, 0.05) is 11.8 Å². The van der Waals surface area contributed by atoms with Crippen LogP contribution in [0, 0.1) is 13.8 Å². The van der Waals surface area contributed by atoms with Gasteiger partial charge in [-0.1, -0.05) is 49.4 Å². The second kappa shape index (κ2) is 13.1. The van der Waals surface area contributed by atoms with Crippen LogP contribution in [0.25, 0.3) is 11.3 Å². The molecule has 0 saturated carbocycles. The minimum Gasteiger partial charge on any atom is -0.462 e. The lowest BCUT2D eigenvalue weighted by Gasteiger charge is -2.10. The smallest absolute Gasteiger partial charge is 0.343 e. The van der Waals surface area contributed by atoms with Crippen molar-refractivity contribution in [1.29, 1.82) is 0 Å². The van der Waals surface area contributed by atoms with Crippen LogP contribution in [0.15, 0.2) is 41.3 Å². The lowest BCUT2D eigenvalue weighted by Crippen LogP contribution is -2.20. The first-order valence-corrected chi connectivity index (χ1v) is 10.2. The number of esters is 2. The van der Waals surface area contributed by atoms with E-state index in [0.717, 1.165) is 5.56 Å². The van der Waals surface area contributed by atoms with Gasteiger partial charge in [-0.05, 0) is 27.7 Å². The van der Waals surface area contributed by atoms with E-state index in [1.165, 1.54) is 13.1 Å². The van der Waals surface area contributed by atoms with Crippen LogP contribution in [0.1, 0.15) is 53.4 Å². The number of halogens is 1. The van der Waals surface area contributed by atoms with Crippen LogP contribution in [0.2, 0.25) is 5.02 Å². The summed E-state index contributed by atoms with van der Waals surface area (Å²) in [5.41, 5.74) is 1.85. The number of aromatic nitrogens is 4. The molecule has 0 unspecified atom stereocenters. The second-order valence-corrected chi connectivity index (χ2v) is 6.72. The number of aromatic amines is 1. The molecule has 0 radical (unpaired) electrons. The third-order valence-electron chi connectivity index (χ3n) is 4.11. The quantitative estimate of drug-likeness (QED) is 0.546. The average Bonchev–Trinajstić information content (AvgIpc) is 2.78. The summed E-state index contributed by atoms with van der Waals surface area (Å²) in [5, 5.41) is 14.4. The van der Waals surface area contributed by atoms with Crippen molar-refractivity contribution in [1.82, 2.24) is 20.4 Å². The zero-order chi connectivity index (χ0) is 23.7. The summed E-state index contributed by atoms with van der Waals surface area (Å²) in [6.45, 7) is 7.19. The van der Waals surface area contributed by atoms with Gasteiger partial charge in [-0.15, -0.1) is 5.10 Å². The molecule has 0 saturated heterocycles. The molecule has 0 aliphatic rings. The lowest BCUT2D eigenvalue weighted by molar-refractivity contribution is 0.0515. The molecule has 1 aromatic carbocycles. The number of hydrogen-bond acceptors (Lipinski definition) is 8. The van der Waals surface area contributed by atoms with Gasteiger partial charge in [0.05, 0.1) is 23.9 Å². The fourth-order valence-electron chi connectivity index (χ4n) is 2.56. The first kappa shape index (κ1) is 27.4. The van der Waals surface area contributed by atoms with Crippen molar-refractivity contribution in [3.8, 4) is 11.3 Å². The van der Waals surface area contributed by atoms with E-state index in [2.05, 4.69) is 25.1 Å². The molecule has 10 heteroatoms. The highest BCUT2D eigenvalue weighted by Crippen LogP contribution is 2.28. The number of rotatable bonds is 5. The van der Waals surface area contributed by atoms with E-state index in [1.54, 1.807) is 20.8 Å². The summed E-state index contributed by atoms with van der Waals surface area (Å²) in [5.74, 6) is -1.10. The van der Waals surface area contributed by atoms with Crippen LogP contribution in [-0.4, -0.2) is 45.5 Å². The van der Waals surface area contributed by atoms with E-state index in [4.69, 9.17) is 16.3 Å². The van der Waals surface area contributed by atoms with Crippen molar-refractivity contribution in [3.63, 3.8) is 0 Å². The van der Waals surface area contributed by atoms with Gasteiger partial charge in [0.1, 0.15) is 22.5 Å². The maximum atomic E-state index is 12.0. The average molecular weight is 475 g/mol. The fraction of sp³-hybridized carbons (Fsp3) is 0.304. The van der Waals surface area contributed by atoms with Crippen LogP contribution >= 0.6 is 11.6 Å². The Balaban J connectivity index is 0.000000343. The Morgan fingerprint density at radius 1 is 0.970 bits per heavy atom. The normalized spacial score (nSPS) is 9.73. The van der Waals surface area contributed by atoms with Crippen molar-refractivity contribution in [2.75, 3.05) is 13.2 Å². The highest BCUT2D eigenvalue weighted by atomic mass is 35.5. The third-order valence-corrected chi connectivity index (χ3v) is 4.57. The molecule has 2 heterocycles. The highest BCUT2D eigenvalue weighted by Gasteiger charge is 2.21. The molecular weight excluding hydrogens is 448 g/mol. The van der Waals surface area contributed by atoms with Gasteiger partial charge in [0.25, 0.3) is 0 Å². The Hall–Kier alpha value is -3.59. The van der Waals surface area contributed by atoms with E-state index < -0.39 is 17.4 Å². The Morgan fingerprint density at radius 2 is 1.58 bits per heavy atom. The number of H-pyrrole nitrogens is 1. The van der Waals surface area contributed by atoms with Crippen molar-refractivity contribution >= 4 is 23.5 Å². The summed E-state index contributed by atoms with van der Waals surface area (Å²) in [4.78, 5) is 34.5. The second-order valence-electron chi connectivity index (χ2n) is 6.34. The predicted molar refractivity (Wildman–Crippen MR) is 125 cm³/mol. The zero-order valence-corrected chi connectivity index (χ0v) is 18.9. The Kier molecular flexibility index (Phi) is 10.9. The molecule has 3 aromatic rings. The maximum Gasteiger partial charge on any atom is 0.343 e. The number of benzene rings is 1. The summed E-state index contributed by atoms with van der Waals surface area (Å²) >= 11 is 6.18. The number of hydrogen-bond donors (Lipinski definition) is 1. The largest absolute Gasteiger partial charge is 0.462 e. The first-order valence-electron chi connectivity index (χ1n) is 9.78. The maximum absolute atomic E-state index is 12.0. The molecule has 0 bridgehead atoms. The van der Waals surface area contributed by atoms with E-state index >= 15 is 0 Å². The number of nitrogens with one attached hydrogen (secondary N) is 1. The van der Waals surface area contributed by atoms with Gasteiger partial charge in [0.2, 0.25) is 5.43 Å². The molecule has 176 valence electrons. The molecule has 0 atom stereocenters. The summed E-state index contributed by atoms with van der Waals surface area (Å²) in [6, 6.07) is 9.30. The Labute approximate surface area is 197 Å². The van der Waals surface area contributed by atoms with Gasteiger partial charge < -0.3 is 9.47 Å². The lowest BCUT2D eigenvalue weighted by atomic mass is 10.1. The molecule has 0 spiro atoms. The van der Waals surface area contributed by atoms with E-state index in [1.807, 2.05) is 30.3 Å². The van der Waals surface area contributed by atoms with Gasteiger partial charge in [0.15, 0.2) is 0 Å². The number of nitrogens with zero attached hydrogens (tertiary/aromatic N) is 3. The number of aryl methyl sites for hydroxylation is 2. The molecule has 33 heavy (non-hydrogen) atoms. The van der Waals surface area contributed by atoms with Crippen LogP contribution < -0.4 is 5.43 Å². The number of carbonyl (C=O) groups excluding carboxylic acids is 2. The van der Waals surface area contributed by atoms with E-state index in [0.29, 0.717) is 11.4 Å². The standard InChI is InChI=1S/C14H13ClN2O2.C8H10N2O3.CH4/c1-3-19-14(18)11-12(15)9(2)16-17-13(11)10-7-5-4-6-8-10;1-3-13-8(12)6-4-9-10-5(2)7(6)11;/h4-8H,3H2,1-2H3;4H,3H2,1-2H3,(H,9,11);1H4. The molecule has 2 aromatic heterocycles. The number of carbonyl (C=O) groups is 2. The fourth-order valence-corrected chi connectivity index (χ4v) is 2.76. The molecule has 0 aliphatic heterocycles. The third kappa shape index (κ3) is 6.95. The monoisotopic (exact) mass is 474 g/mol. The van der Waals surface area contributed by atoms with Gasteiger partial charge >= 0.3 is 11.9 Å². The Morgan fingerprint density at radius 3 is 2.18 bits per heavy atom. The zero-order valence-electron chi connectivity index (χ0n) is 18.1. The Bertz CT molecular complexity index is 1150. The van der Waals surface area contributed by atoms with E-state index in [9.17, 15) is 14.4 Å². The van der Waals surface area contributed by atoms with Crippen LogP contribution in [-0.2, 0) is 9.47 Å². The van der Waals surface area contributed by atoms with Crippen molar-refractivity contribution in [3.05, 3.63) is 74.3 Å². The molecule has 0 fully saturated rings. The topological polar surface area (TPSA) is 124 Å². The van der Waals surface area contributed by atoms with Crippen molar-refractivity contribution in [2.24, 2.45) is 0 Å². The van der Waals surface area contributed by atoms with Gasteiger partial charge in [-0.25, -0.2) is 9.59 Å². The first-order chi connectivity index (χ1) is 15.3. The summed E-state index contributed by atoms with van der Waals surface area (Å²) < 4.78 is 9.71. The SMILES string of the molecule is C.CCOC(=O)c1c(-c2ccccc2)nnc(C)c1Cl.CCOC(=O)c1c[nH]nc(C)c1=O. The van der Waals surface area contributed by atoms with Crippen molar-refractivity contribution in [2.45, 2.75) is 35.1 Å².